The van der Waals surface area contributed by atoms with Crippen molar-refractivity contribution in [1.29, 1.82) is 0 Å². The molecule has 0 unspecified atom stereocenters. The molecule has 0 aliphatic carbocycles. The van der Waals surface area contributed by atoms with Crippen LogP contribution >= 0.6 is 0 Å². The Labute approximate surface area is 58.4 Å². The Morgan fingerprint density at radius 1 is 1.70 bits per heavy atom. The lowest BCUT2D eigenvalue weighted by Crippen LogP contribution is -2.34. The molecule has 0 aromatic rings. The van der Waals surface area contributed by atoms with Gasteiger partial charge in [-0.25, -0.2) is 4.79 Å². The van der Waals surface area contributed by atoms with Gasteiger partial charge in [0.25, 0.3) is 0 Å². The average molecular weight is 142 g/mol. The molecule has 55 valence electrons. The molecule has 0 saturated carbocycles. The standard InChI is InChI=1S/C6H8NO3/c8-4-7-3-1-2-5(7)6(9)10/h5H,1-3H2,(H,9,10)/t5-/m1/s1. The summed E-state index contributed by atoms with van der Waals surface area (Å²) >= 11 is 0. The van der Waals surface area contributed by atoms with E-state index in [-0.39, 0.29) is 0 Å². The van der Waals surface area contributed by atoms with Crippen LogP contribution in [-0.2, 0) is 9.59 Å². The summed E-state index contributed by atoms with van der Waals surface area (Å²) in [6.07, 6.45) is 2.93. The molecule has 0 bridgehead atoms. The molecule has 0 aromatic heterocycles. The Balaban J connectivity index is 2.58. The molecule has 1 aliphatic rings. The van der Waals surface area contributed by atoms with Crippen molar-refractivity contribution in [3.05, 3.63) is 0 Å². The highest BCUT2D eigenvalue weighted by molar-refractivity contribution is 5.76. The number of amides is 1. The van der Waals surface area contributed by atoms with E-state index in [1.165, 1.54) is 4.90 Å². The second kappa shape index (κ2) is 2.68. The topological polar surface area (TPSA) is 57.6 Å². The van der Waals surface area contributed by atoms with Crippen molar-refractivity contribution >= 4 is 12.4 Å². The van der Waals surface area contributed by atoms with Gasteiger partial charge in [0.05, 0.1) is 0 Å². The van der Waals surface area contributed by atoms with Crippen LogP contribution in [0.15, 0.2) is 0 Å². The Bertz CT molecular complexity index is 157. The summed E-state index contributed by atoms with van der Waals surface area (Å²) in [6.45, 7) is 0.528. The third kappa shape index (κ3) is 1.10. The first kappa shape index (κ1) is 7.05. The third-order valence-electron chi connectivity index (χ3n) is 1.66. The molecule has 1 N–H and O–H groups in total. The number of aliphatic carboxylic acids is 1. The maximum atomic E-state index is 10.4. The van der Waals surface area contributed by atoms with E-state index in [0.717, 1.165) is 6.42 Å². The van der Waals surface area contributed by atoms with E-state index in [1.54, 1.807) is 6.41 Å². The fourth-order valence-electron chi connectivity index (χ4n) is 1.13. The monoisotopic (exact) mass is 142 g/mol. The number of carbonyl (C=O) groups excluding carboxylic acids is 1. The molecule has 1 aliphatic heterocycles. The van der Waals surface area contributed by atoms with Gasteiger partial charge in [0, 0.05) is 6.54 Å². The van der Waals surface area contributed by atoms with Gasteiger partial charge in [0.2, 0.25) is 0 Å². The summed E-state index contributed by atoms with van der Waals surface area (Å²) in [4.78, 5) is 21.6. The number of rotatable bonds is 2. The van der Waals surface area contributed by atoms with E-state index in [1.807, 2.05) is 0 Å². The average Bonchev–Trinajstić information content (AvgIpc) is 2.33. The molecule has 1 radical (unpaired) electrons. The van der Waals surface area contributed by atoms with Gasteiger partial charge in [-0.2, -0.15) is 0 Å². The summed E-state index contributed by atoms with van der Waals surface area (Å²) in [5.41, 5.74) is 0. The number of nitrogens with zero attached hydrogens (tertiary/aromatic N) is 1. The Morgan fingerprint density at radius 2 is 2.40 bits per heavy atom. The van der Waals surface area contributed by atoms with Gasteiger partial charge in [0.15, 0.2) is 0 Å². The van der Waals surface area contributed by atoms with Crippen molar-refractivity contribution in [3.8, 4) is 0 Å². The SMILES string of the molecule is O=[C]N1CCC[C@@H]1C(=O)O. The molecule has 1 heterocycles. The smallest absolute Gasteiger partial charge is 0.326 e. The number of likely N-dealkylation sites (tertiary alicyclic amines) is 1. The van der Waals surface area contributed by atoms with Crippen molar-refractivity contribution in [2.24, 2.45) is 0 Å². The van der Waals surface area contributed by atoms with Crippen LogP contribution in [0.4, 0.5) is 0 Å². The van der Waals surface area contributed by atoms with Gasteiger partial charge < -0.3 is 10.0 Å². The number of hydrogen-bond acceptors (Lipinski definition) is 2. The number of carboxylic acids is 1. The summed E-state index contributed by atoms with van der Waals surface area (Å²) in [7, 11) is 0. The maximum absolute atomic E-state index is 10.4. The first-order valence-electron chi connectivity index (χ1n) is 3.13. The van der Waals surface area contributed by atoms with Crippen molar-refractivity contribution in [2.45, 2.75) is 18.9 Å². The summed E-state index contributed by atoms with van der Waals surface area (Å²) in [5, 5.41) is 8.49. The van der Waals surface area contributed by atoms with Gasteiger partial charge in [-0.3, -0.25) is 4.79 Å². The van der Waals surface area contributed by atoms with Crippen LogP contribution in [0.5, 0.6) is 0 Å². The van der Waals surface area contributed by atoms with Gasteiger partial charge in [0.1, 0.15) is 6.04 Å². The predicted octanol–water partition coefficient (Wildman–Crippen LogP) is -0.397. The molecular formula is C6H8NO3. The first-order valence-corrected chi connectivity index (χ1v) is 3.13. The minimum absolute atomic E-state index is 0.528. The molecule has 10 heavy (non-hydrogen) atoms. The highest BCUT2D eigenvalue weighted by atomic mass is 16.4. The molecule has 0 spiro atoms. The van der Waals surface area contributed by atoms with Crippen LogP contribution < -0.4 is 0 Å². The second-order valence-electron chi connectivity index (χ2n) is 2.28. The Morgan fingerprint density at radius 3 is 2.80 bits per heavy atom. The van der Waals surface area contributed by atoms with E-state index in [4.69, 9.17) is 5.11 Å². The van der Waals surface area contributed by atoms with Gasteiger partial charge in [-0.1, -0.05) is 0 Å². The quantitative estimate of drug-likeness (QED) is 0.570. The van der Waals surface area contributed by atoms with Crippen molar-refractivity contribution in [3.63, 3.8) is 0 Å². The predicted molar refractivity (Wildman–Crippen MR) is 33.1 cm³/mol. The molecule has 1 atom stereocenters. The fraction of sp³-hybridized carbons (Fsp3) is 0.667. The molecule has 4 heteroatoms. The van der Waals surface area contributed by atoms with Crippen molar-refractivity contribution in [1.82, 2.24) is 4.90 Å². The fourth-order valence-corrected chi connectivity index (χ4v) is 1.13. The summed E-state index contributed by atoms with van der Waals surface area (Å²) in [5.74, 6) is -0.930. The van der Waals surface area contributed by atoms with E-state index in [2.05, 4.69) is 0 Å². The first-order chi connectivity index (χ1) is 4.75. The van der Waals surface area contributed by atoms with Crippen LogP contribution in [0.2, 0.25) is 0 Å². The second-order valence-corrected chi connectivity index (χ2v) is 2.28. The van der Waals surface area contributed by atoms with Crippen LogP contribution in [0.3, 0.4) is 0 Å². The lowest BCUT2D eigenvalue weighted by atomic mass is 10.2. The zero-order valence-corrected chi connectivity index (χ0v) is 5.41. The molecular weight excluding hydrogens is 134 g/mol. The third-order valence-corrected chi connectivity index (χ3v) is 1.66. The van der Waals surface area contributed by atoms with Gasteiger partial charge >= 0.3 is 12.4 Å². The lowest BCUT2D eigenvalue weighted by Gasteiger charge is -2.12. The normalized spacial score (nSPS) is 24.8. The Hall–Kier alpha value is -1.06. The largest absolute Gasteiger partial charge is 0.480 e. The number of carbonyl (C=O) groups is 1. The lowest BCUT2D eigenvalue weighted by molar-refractivity contribution is -0.140. The molecule has 1 saturated heterocycles. The van der Waals surface area contributed by atoms with Gasteiger partial charge in [-0.05, 0) is 12.8 Å². The molecule has 4 nitrogen and oxygen atoms in total. The van der Waals surface area contributed by atoms with E-state index in [9.17, 15) is 9.59 Å². The van der Waals surface area contributed by atoms with Crippen LogP contribution in [0, 0.1) is 0 Å². The minimum atomic E-state index is -0.930. The van der Waals surface area contributed by atoms with Crippen LogP contribution in [0.1, 0.15) is 12.8 Å². The summed E-state index contributed by atoms with van der Waals surface area (Å²) < 4.78 is 0. The molecule has 1 rings (SSSR count). The van der Waals surface area contributed by atoms with Crippen molar-refractivity contribution < 1.29 is 14.7 Å². The molecule has 0 aromatic carbocycles. The Kier molecular flexibility index (Phi) is 1.89. The number of carboxylic acid groups (broad SMARTS) is 1. The minimum Gasteiger partial charge on any atom is -0.480 e. The van der Waals surface area contributed by atoms with Gasteiger partial charge in [-0.15, -0.1) is 0 Å². The van der Waals surface area contributed by atoms with Crippen LogP contribution in [-0.4, -0.2) is 35.0 Å². The van der Waals surface area contributed by atoms with E-state index in [0.29, 0.717) is 13.0 Å². The van der Waals surface area contributed by atoms with Crippen LogP contribution in [0.25, 0.3) is 0 Å². The molecule has 1 amide bonds. The zero-order valence-electron chi connectivity index (χ0n) is 5.41. The number of hydrogen-bond donors (Lipinski definition) is 1. The highest BCUT2D eigenvalue weighted by Crippen LogP contribution is 2.14. The highest BCUT2D eigenvalue weighted by Gasteiger charge is 2.29. The zero-order chi connectivity index (χ0) is 7.56. The van der Waals surface area contributed by atoms with Crippen molar-refractivity contribution in [2.75, 3.05) is 6.54 Å². The molecule has 1 fully saturated rings. The maximum Gasteiger partial charge on any atom is 0.326 e. The summed E-state index contributed by atoms with van der Waals surface area (Å²) in [6, 6.07) is -0.627. The van der Waals surface area contributed by atoms with E-state index >= 15 is 0 Å². The van der Waals surface area contributed by atoms with E-state index < -0.39 is 12.0 Å².